The average Bonchev–Trinajstić information content (AvgIpc) is 2.28. The van der Waals surface area contributed by atoms with Crippen LogP contribution in [0.1, 0.15) is 17.3 Å². The minimum atomic E-state index is -0.908. The molecule has 3 nitrogen and oxygen atoms in total. The molecule has 0 radical (unpaired) electrons. The highest BCUT2D eigenvalue weighted by Gasteiger charge is 2.07. The maximum Gasteiger partial charge on any atom is 0.336 e. The third-order valence-corrected chi connectivity index (χ3v) is 2.39. The number of carboxylic acid groups (broad SMARTS) is 1. The number of hydrogen-bond donors (Lipinski definition) is 1. The van der Waals surface area contributed by atoms with Crippen molar-refractivity contribution in [2.45, 2.75) is 6.92 Å². The van der Waals surface area contributed by atoms with Gasteiger partial charge in [-0.15, -0.1) is 0 Å². The summed E-state index contributed by atoms with van der Waals surface area (Å²) in [6.45, 7) is 2.52. The highest BCUT2D eigenvalue weighted by atomic mass is 16.5. The lowest BCUT2D eigenvalue weighted by molar-refractivity contribution is 0.0699. The van der Waals surface area contributed by atoms with Gasteiger partial charge in [0.15, 0.2) is 0 Å². The van der Waals surface area contributed by atoms with E-state index in [1.807, 2.05) is 19.1 Å². The fourth-order valence-corrected chi connectivity index (χ4v) is 1.70. The van der Waals surface area contributed by atoms with Crippen LogP contribution in [-0.2, 0) is 0 Å². The summed E-state index contributed by atoms with van der Waals surface area (Å²) in [5, 5.41) is 10.6. The number of benzene rings is 2. The van der Waals surface area contributed by atoms with E-state index in [0.29, 0.717) is 12.2 Å². The molecule has 0 aliphatic heterocycles. The molecular formula is C13H12O3. The largest absolute Gasteiger partial charge is 0.494 e. The van der Waals surface area contributed by atoms with E-state index in [1.54, 1.807) is 24.3 Å². The molecule has 82 valence electrons. The van der Waals surface area contributed by atoms with Gasteiger partial charge in [0.25, 0.3) is 0 Å². The van der Waals surface area contributed by atoms with Crippen molar-refractivity contribution < 1.29 is 14.6 Å². The molecule has 0 bridgehead atoms. The summed E-state index contributed by atoms with van der Waals surface area (Å²) in [4.78, 5) is 11.0. The Hall–Kier alpha value is -2.03. The molecule has 0 aliphatic carbocycles. The lowest BCUT2D eigenvalue weighted by atomic mass is 10.0. The SMILES string of the molecule is CCOc1ccc2c(C(=O)O)cccc2c1. The molecule has 2 rings (SSSR count). The van der Waals surface area contributed by atoms with Crippen LogP contribution in [0.4, 0.5) is 0 Å². The molecule has 0 spiro atoms. The van der Waals surface area contributed by atoms with Crippen LogP contribution < -0.4 is 4.74 Å². The average molecular weight is 216 g/mol. The molecule has 0 amide bonds. The van der Waals surface area contributed by atoms with E-state index in [4.69, 9.17) is 9.84 Å². The third kappa shape index (κ3) is 1.84. The first-order valence-corrected chi connectivity index (χ1v) is 5.11. The minimum Gasteiger partial charge on any atom is -0.494 e. The summed E-state index contributed by atoms with van der Waals surface area (Å²) in [6, 6.07) is 10.6. The summed E-state index contributed by atoms with van der Waals surface area (Å²) < 4.78 is 5.37. The number of ether oxygens (including phenoxy) is 1. The van der Waals surface area contributed by atoms with Crippen molar-refractivity contribution in [1.29, 1.82) is 0 Å². The fraction of sp³-hybridized carbons (Fsp3) is 0.154. The molecular weight excluding hydrogens is 204 g/mol. The molecule has 1 N–H and O–H groups in total. The molecule has 0 aromatic heterocycles. The second kappa shape index (κ2) is 4.23. The van der Waals surface area contributed by atoms with Crippen molar-refractivity contribution >= 4 is 16.7 Å². The van der Waals surface area contributed by atoms with E-state index in [9.17, 15) is 4.79 Å². The maximum absolute atomic E-state index is 11.0. The fourth-order valence-electron chi connectivity index (χ4n) is 1.70. The zero-order valence-corrected chi connectivity index (χ0v) is 8.93. The highest BCUT2D eigenvalue weighted by Crippen LogP contribution is 2.23. The Bertz CT molecular complexity index is 532. The van der Waals surface area contributed by atoms with E-state index in [-0.39, 0.29) is 0 Å². The molecule has 0 heterocycles. The van der Waals surface area contributed by atoms with Crippen LogP contribution in [0.2, 0.25) is 0 Å². The second-order valence-electron chi connectivity index (χ2n) is 3.43. The van der Waals surface area contributed by atoms with Crippen LogP contribution in [-0.4, -0.2) is 17.7 Å². The van der Waals surface area contributed by atoms with Crippen LogP contribution in [0.15, 0.2) is 36.4 Å². The van der Waals surface area contributed by atoms with Crippen molar-refractivity contribution in [3.63, 3.8) is 0 Å². The Morgan fingerprint density at radius 3 is 2.81 bits per heavy atom. The molecule has 2 aromatic rings. The number of aromatic carboxylic acids is 1. The molecule has 0 aliphatic rings. The minimum absolute atomic E-state index is 0.320. The first-order valence-electron chi connectivity index (χ1n) is 5.11. The number of fused-ring (bicyclic) bond motifs is 1. The number of hydrogen-bond acceptors (Lipinski definition) is 2. The van der Waals surface area contributed by atoms with E-state index in [0.717, 1.165) is 16.5 Å². The van der Waals surface area contributed by atoms with Crippen molar-refractivity contribution in [3.05, 3.63) is 42.0 Å². The van der Waals surface area contributed by atoms with Gasteiger partial charge in [-0.3, -0.25) is 0 Å². The van der Waals surface area contributed by atoms with Crippen molar-refractivity contribution in [1.82, 2.24) is 0 Å². The first kappa shape index (κ1) is 10.5. The van der Waals surface area contributed by atoms with Crippen molar-refractivity contribution in [3.8, 4) is 5.75 Å². The summed E-state index contributed by atoms with van der Waals surface area (Å²) in [6.07, 6.45) is 0. The van der Waals surface area contributed by atoms with Gasteiger partial charge < -0.3 is 9.84 Å². The first-order chi connectivity index (χ1) is 7.72. The topological polar surface area (TPSA) is 46.5 Å². The van der Waals surface area contributed by atoms with Gasteiger partial charge in [0, 0.05) is 0 Å². The molecule has 16 heavy (non-hydrogen) atoms. The molecule has 0 fully saturated rings. The Labute approximate surface area is 93.3 Å². The zero-order chi connectivity index (χ0) is 11.5. The number of carboxylic acids is 1. The van der Waals surface area contributed by atoms with Crippen LogP contribution in [0.25, 0.3) is 10.8 Å². The van der Waals surface area contributed by atoms with E-state index < -0.39 is 5.97 Å². The normalized spacial score (nSPS) is 10.3. The molecule has 0 unspecified atom stereocenters. The number of rotatable bonds is 3. The van der Waals surface area contributed by atoms with Gasteiger partial charge in [0.1, 0.15) is 5.75 Å². The van der Waals surface area contributed by atoms with Crippen molar-refractivity contribution in [2.75, 3.05) is 6.61 Å². The Balaban J connectivity index is 2.59. The van der Waals surface area contributed by atoms with Crippen LogP contribution in [0.5, 0.6) is 5.75 Å². The molecule has 0 saturated carbocycles. The Kier molecular flexibility index (Phi) is 2.77. The van der Waals surface area contributed by atoms with Crippen molar-refractivity contribution in [2.24, 2.45) is 0 Å². The van der Waals surface area contributed by atoms with Gasteiger partial charge in [-0.2, -0.15) is 0 Å². The predicted molar refractivity (Wildman–Crippen MR) is 62.1 cm³/mol. The smallest absolute Gasteiger partial charge is 0.336 e. The van der Waals surface area contributed by atoms with E-state index >= 15 is 0 Å². The van der Waals surface area contributed by atoms with Gasteiger partial charge in [-0.05, 0) is 42.0 Å². The molecule has 3 heteroatoms. The van der Waals surface area contributed by atoms with Gasteiger partial charge in [0.2, 0.25) is 0 Å². The predicted octanol–water partition coefficient (Wildman–Crippen LogP) is 2.94. The van der Waals surface area contributed by atoms with Crippen LogP contribution >= 0.6 is 0 Å². The highest BCUT2D eigenvalue weighted by molar-refractivity contribution is 6.03. The Morgan fingerprint density at radius 2 is 2.12 bits per heavy atom. The summed E-state index contributed by atoms with van der Waals surface area (Å²) in [5.41, 5.74) is 0.320. The molecule has 0 saturated heterocycles. The lowest BCUT2D eigenvalue weighted by Crippen LogP contribution is -1.97. The summed E-state index contributed by atoms with van der Waals surface area (Å²) >= 11 is 0. The molecule has 0 atom stereocenters. The monoisotopic (exact) mass is 216 g/mol. The van der Waals surface area contributed by atoms with E-state index in [1.165, 1.54) is 0 Å². The summed E-state index contributed by atoms with van der Waals surface area (Å²) in [5.74, 6) is -0.146. The number of carbonyl (C=O) groups is 1. The van der Waals surface area contributed by atoms with Gasteiger partial charge in [0.05, 0.1) is 12.2 Å². The van der Waals surface area contributed by atoms with Crippen LogP contribution in [0, 0.1) is 0 Å². The zero-order valence-electron chi connectivity index (χ0n) is 8.93. The second-order valence-corrected chi connectivity index (χ2v) is 3.43. The van der Waals surface area contributed by atoms with Gasteiger partial charge >= 0.3 is 5.97 Å². The standard InChI is InChI=1S/C13H12O3/c1-2-16-10-6-7-11-9(8-10)4-3-5-12(11)13(14)15/h3-8H,2H2,1H3,(H,14,15). The van der Waals surface area contributed by atoms with Crippen LogP contribution in [0.3, 0.4) is 0 Å². The lowest BCUT2D eigenvalue weighted by Gasteiger charge is -2.06. The molecule has 2 aromatic carbocycles. The quantitative estimate of drug-likeness (QED) is 0.858. The van der Waals surface area contributed by atoms with E-state index in [2.05, 4.69) is 0 Å². The third-order valence-electron chi connectivity index (χ3n) is 2.39. The van der Waals surface area contributed by atoms with Gasteiger partial charge in [-0.1, -0.05) is 12.1 Å². The Morgan fingerprint density at radius 1 is 1.31 bits per heavy atom. The maximum atomic E-state index is 11.0. The van der Waals surface area contributed by atoms with Gasteiger partial charge in [-0.25, -0.2) is 4.79 Å². The summed E-state index contributed by atoms with van der Waals surface area (Å²) in [7, 11) is 0.